The molecular weight excluding hydrogens is 546 g/mol. The van der Waals surface area contributed by atoms with Gasteiger partial charge in [0.1, 0.15) is 0 Å². The van der Waals surface area contributed by atoms with Gasteiger partial charge < -0.3 is 14.9 Å². The molecule has 0 bridgehead atoms. The average molecular weight is 599 g/mol. The van der Waals surface area contributed by atoms with Gasteiger partial charge in [0.05, 0.1) is 0 Å². The second kappa shape index (κ2) is 13.0. The van der Waals surface area contributed by atoms with Gasteiger partial charge in [-0.3, -0.25) is 0 Å². The van der Waals surface area contributed by atoms with Gasteiger partial charge in [-0.1, -0.05) is 50.7 Å². The van der Waals surface area contributed by atoms with Crippen molar-refractivity contribution in [2.75, 3.05) is 0 Å². The van der Waals surface area contributed by atoms with Crippen LogP contribution in [0, 0.1) is 85.9 Å². The first-order valence-corrected chi connectivity index (χ1v) is 21.3. The summed E-state index contributed by atoms with van der Waals surface area (Å²) in [7, 11) is 9.87. The summed E-state index contributed by atoms with van der Waals surface area (Å²) in [6.45, 7) is 0. The molecule has 0 radical (unpaired) electrons. The number of fused-ring (bicyclic) bond motifs is 3. The number of rotatable bonds is 3. The molecule has 0 N–H and O–H groups in total. The van der Waals surface area contributed by atoms with Crippen molar-refractivity contribution in [3.8, 4) is 0 Å². The molecule has 10 unspecified atom stereocenters. The molecule has 35 heavy (non-hydrogen) atoms. The van der Waals surface area contributed by atoms with Crippen LogP contribution in [0.1, 0.15) is 103 Å². The number of hydrogen-bond acceptors (Lipinski definition) is 0. The minimum absolute atomic E-state index is 0. The van der Waals surface area contributed by atoms with Gasteiger partial charge >= 0.3 is 37.9 Å². The second-order valence-electron chi connectivity index (χ2n) is 13.3. The van der Waals surface area contributed by atoms with Crippen LogP contribution in [0.25, 0.3) is 0 Å². The van der Waals surface area contributed by atoms with Crippen molar-refractivity contribution in [2.24, 2.45) is 71.0 Å². The number of halogens is 2. The van der Waals surface area contributed by atoms with Gasteiger partial charge in [-0.15, -0.1) is 0 Å². The Bertz CT molecular complexity index is 641. The van der Waals surface area contributed by atoms with Gasteiger partial charge in [-0.25, -0.2) is 0 Å². The van der Waals surface area contributed by atoms with Crippen molar-refractivity contribution in [3.63, 3.8) is 0 Å². The number of hydrogen-bond donors (Lipinski definition) is 0. The molecule has 198 valence electrons. The Labute approximate surface area is 237 Å². The van der Waals surface area contributed by atoms with E-state index in [-0.39, 0.29) is 14.9 Å². The van der Waals surface area contributed by atoms with Crippen LogP contribution in [0.5, 0.6) is 0 Å². The van der Waals surface area contributed by atoms with Gasteiger partial charge in [0, 0.05) is 0 Å². The Morgan fingerprint density at radius 1 is 0.486 bits per heavy atom. The van der Waals surface area contributed by atoms with Crippen LogP contribution in [-0.2, 0) is 20.8 Å². The van der Waals surface area contributed by atoms with Crippen molar-refractivity contribution in [1.29, 1.82) is 0 Å². The van der Waals surface area contributed by atoms with Crippen LogP contribution < -0.4 is 0 Å². The average Bonchev–Trinajstić information content (AvgIpc) is 3.36. The first-order chi connectivity index (χ1) is 16.3. The molecule has 7 rings (SSSR count). The zero-order chi connectivity index (χ0) is 22.4. The van der Waals surface area contributed by atoms with E-state index in [0.717, 1.165) is 71.0 Å². The molecule has 7 aliphatic rings. The molecule has 0 heterocycles. The molecule has 0 aliphatic heterocycles. The minimum atomic E-state index is -0.826. The molecule has 3 heteroatoms. The van der Waals surface area contributed by atoms with E-state index in [2.05, 4.69) is 12.2 Å². The fourth-order valence-electron chi connectivity index (χ4n) is 11.8. The molecule has 0 aromatic rings. The third kappa shape index (κ3) is 5.35. The van der Waals surface area contributed by atoms with Crippen molar-refractivity contribution in [2.45, 2.75) is 103 Å². The Morgan fingerprint density at radius 2 is 0.829 bits per heavy atom. The Hall–Kier alpha value is 1.20. The maximum atomic E-state index is 4.93. The van der Waals surface area contributed by atoms with Gasteiger partial charge in [-0.2, -0.15) is 0 Å². The molecule has 10 atom stereocenters. The monoisotopic (exact) mass is 596 g/mol. The Kier molecular flexibility index (Phi) is 10.9. The Balaban J connectivity index is 0.000000552. The Morgan fingerprint density at radius 3 is 1.26 bits per heavy atom. The molecule has 7 aliphatic carbocycles. The van der Waals surface area contributed by atoms with E-state index in [9.17, 15) is 0 Å². The molecule has 0 nitrogen and oxygen atoms in total. The van der Waals surface area contributed by atoms with Crippen LogP contribution in [0.15, 0.2) is 12.2 Å². The van der Waals surface area contributed by atoms with Crippen LogP contribution in [0.3, 0.4) is 0 Å². The molecule has 0 aromatic heterocycles. The normalized spacial score (nSPS) is 48.5. The summed E-state index contributed by atoms with van der Waals surface area (Å²) in [5.74, 6) is 13.3. The van der Waals surface area contributed by atoms with E-state index in [1.54, 1.807) is 77.0 Å². The molecule has 0 spiro atoms. The van der Waals surface area contributed by atoms with E-state index < -0.39 is 20.8 Å². The summed E-state index contributed by atoms with van der Waals surface area (Å²) in [5.41, 5.74) is 0. The predicted octanol–water partition coefficient (Wildman–Crippen LogP) is 10.6. The predicted molar refractivity (Wildman–Crippen MR) is 149 cm³/mol. The van der Waals surface area contributed by atoms with E-state index >= 15 is 0 Å². The van der Waals surface area contributed by atoms with Gasteiger partial charge in [0.2, 0.25) is 0 Å². The molecule has 6 fully saturated rings. The topological polar surface area (TPSA) is 0 Å². The molecule has 0 amide bonds. The molecule has 0 saturated heterocycles. The summed E-state index contributed by atoms with van der Waals surface area (Å²) >= 11 is -0.826. The van der Waals surface area contributed by atoms with Crippen molar-refractivity contribution < 1.29 is 20.8 Å². The second-order valence-corrected chi connectivity index (χ2v) is 17.0. The van der Waals surface area contributed by atoms with E-state index in [4.69, 9.17) is 17.0 Å². The summed E-state index contributed by atoms with van der Waals surface area (Å²) in [4.78, 5) is 0. The third-order valence-corrected chi connectivity index (χ3v) is 12.5. The summed E-state index contributed by atoms with van der Waals surface area (Å²) in [6.07, 6.45) is 30.7. The number of allylic oxidation sites excluding steroid dienone is 2. The van der Waals surface area contributed by atoms with Gasteiger partial charge in [-0.05, 0) is 135 Å². The van der Waals surface area contributed by atoms with E-state index in [1.807, 2.05) is 0 Å². The van der Waals surface area contributed by atoms with Crippen LogP contribution in [0.4, 0.5) is 0 Å². The third-order valence-electron chi connectivity index (χ3n) is 12.5. The zero-order valence-corrected chi connectivity index (χ0v) is 26.6. The molecule has 6 saturated carbocycles. The summed E-state index contributed by atoms with van der Waals surface area (Å²) in [5, 5.41) is 0. The first kappa shape index (κ1) is 29.2. The molecular formula is C32H52Cl2Zr. The van der Waals surface area contributed by atoms with Crippen molar-refractivity contribution in [3.05, 3.63) is 27.0 Å². The summed E-state index contributed by atoms with van der Waals surface area (Å²) < 4.78 is 0. The van der Waals surface area contributed by atoms with E-state index in [0.29, 0.717) is 0 Å². The molecule has 0 aromatic carbocycles. The van der Waals surface area contributed by atoms with Crippen LogP contribution in [0.2, 0.25) is 0 Å². The fraction of sp³-hybridized carbons (Fsp3) is 0.875. The SMILES string of the molecule is C1=CC2CCCC3C(CCC4C5CCCCC5C5CCCCC54)C4CCCC1C4C23.[CH3-].[CH3-].[Cl][Zr+2][Cl]. The maximum absolute atomic E-state index is 4.93. The van der Waals surface area contributed by atoms with Crippen molar-refractivity contribution in [1.82, 2.24) is 0 Å². The first-order valence-electron chi connectivity index (χ1n) is 15.0. The van der Waals surface area contributed by atoms with Gasteiger partial charge in [0.15, 0.2) is 0 Å². The quantitative estimate of drug-likeness (QED) is 0.224. The van der Waals surface area contributed by atoms with Crippen molar-refractivity contribution >= 4 is 17.0 Å². The fourth-order valence-corrected chi connectivity index (χ4v) is 11.8. The van der Waals surface area contributed by atoms with E-state index in [1.165, 1.54) is 25.7 Å². The van der Waals surface area contributed by atoms with Crippen LogP contribution in [-0.4, -0.2) is 0 Å². The zero-order valence-electron chi connectivity index (χ0n) is 22.7. The van der Waals surface area contributed by atoms with Crippen LogP contribution >= 0.6 is 17.0 Å². The summed E-state index contributed by atoms with van der Waals surface area (Å²) in [6, 6.07) is 0. The standard InChI is InChI=1S/C30H46.2CH3.2ClH.Zr/c1-3-11-23-21(9-1)22-10-2-4-12-24(22)25(23)17-18-26-27-13-5-7-19-15-16-20-8-6-14-28(26)30(20)29(19)27;;;;;/h15-16,19-30H,1-14,17-18H2;2*1H3;2*1H;/q;2*-1;;;+4/p-2. The van der Waals surface area contributed by atoms with Gasteiger partial charge in [0.25, 0.3) is 0 Å².